The zero-order valence-corrected chi connectivity index (χ0v) is 11.6. The van der Waals surface area contributed by atoms with E-state index in [0.717, 1.165) is 17.7 Å². The molecule has 3 rings (SSSR count). The summed E-state index contributed by atoms with van der Waals surface area (Å²) in [6.07, 6.45) is 7.61. The van der Waals surface area contributed by atoms with Crippen LogP contribution in [0.1, 0.15) is 50.8 Å². The van der Waals surface area contributed by atoms with Crippen LogP contribution in [-0.2, 0) is 12.8 Å². The summed E-state index contributed by atoms with van der Waals surface area (Å²) in [4.78, 5) is 4.78. The summed E-state index contributed by atoms with van der Waals surface area (Å²) in [6.45, 7) is 4.77. The number of aryl methyl sites for hydroxylation is 2. The van der Waals surface area contributed by atoms with Crippen molar-refractivity contribution in [3.05, 3.63) is 23.4 Å². The van der Waals surface area contributed by atoms with E-state index in [1.807, 2.05) is 0 Å². The van der Waals surface area contributed by atoms with Gasteiger partial charge in [-0.05, 0) is 62.0 Å². The van der Waals surface area contributed by atoms with E-state index in [9.17, 15) is 0 Å². The van der Waals surface area contributed by atoms with Crippen LogP contribution in [0.2, 0.25) is 0 Å². The molecule has 0 bridgehead atoms. The van der Waals surface area contributed by atoms with Gasteiger partial charge < -0.3 is 5.32 Å². The second-order valence-electron chi connectivity index (χ2n) is 6.26. The molecule has 0 saturated heterocycles. The lowest BCUT2D eigenvalue weighted by molar-refractivity contribution is 0.260. The minimum absolute atomic E-state index is 0.628. The van der Waals surface area contributed by atoms with Gasteiger partial charge in [0, 0.05) is 11.7 Å². The molecule has 0 amide bonds. The van der Waals surface area contributed by atoms with Gasteiger partial charge >= 0.3 is 0 Å². The maximum absolute atomic E-state index is 4.78. The molecule has 0 spiro atoms. The van der Waals surface area contributed by atoms with Gasteiger partial charge in [-0.2, -0.15) is 0 Å². The number of hydrogen-bond donors (Lipinski definition) is 1. The second kappa shape index (κ2) is 4.91. The monoisotopic (exact) mass is 244 g/mol. The SMILES string of the molecule is CC1CCC(Nc2ccc3c(n2)CCC3)CC1C. The molecule has 2 heteroatoms. The predicted octanol–water partition coefficient (Wildman–Crippen LogP) is 3.81. The molecule has 2 aliphatic carbocycles. The van der Waals surface area contributed by atoms with Crippen LogP contribution in [0, 0.1) is 11.8 Å². The fourth-order valence-electron chi connectivity index (χ4n) is 3.39. The minimum atomic E-state index is 0.628. The molecule has 1 aromatic heterocycles. The normalized spacial score (nSPS) is 31.1. The average Bonchev–Trinajstić information content (AvgIpc) is 2.81. The van der Waals surface area contributed by atoms with Crippen molar-refractivity contribution in [2.75, 3.05) is 5.32 Å². The van der Waals surface area contributed by atoms with Crippen LogP contribution in [0.4, 0.5) is 5.82 Å². The summed E-state index contributed by atoms with van der Waals surface area (Å²) < 4.78 is 0. The molecule has 3 atom stereocenters. The molecule has 18 heavy (non-hydrogen) atoms. The maximum Gasteiger partial charge on any atom is 0.126 e. The molecular weight excluding hydrogens is 220 g/mol. The first-order valence-corrected chi connectivity index (χ1v) is 7.47. The Hall–Kier alpha value is -1.05. The number of fused-ring (bicyclic) bond motifs is 1. The Morgan fingerprint density at radius 1 is 1.11 bits per heavy atom. The van der Waals surface area contributed by atoms with Gasteiger partial charge in [0.05, 0.1) is 0 Å². The quantitative estimate of drug-likeness (QED) is 0.855. The van der Waals surface area contributed by atoms with Crippen molar-refractivity contribution in [3.8, 4) is 0 Å². The number of nitrogens with one attached hydrogen (secondary N) is 1. The molecule has 0 aromatic carbocycles. The lowest BCUT2D eigenvalue weighted by Gasteiger charge is -2.32. The first-order chi connectivity index (χ1) is 8.72. The number of aromatic nitrogens is 1. The van der Waals surface area contributed by atoms with E-state index in [4.69, 9.17) is 4.98 Å². The van der Waals surface area contributed by atoms with Crippen molar-refractivity contribution in [3.63, 3.8) is 0 Å². The number of hydrogen-bond acceptors (Lipinski definition) is 2. The van der Waals surface area contributed by atoms with Crippen molar-refractivity contribution >= 4 is 5.82 Å². The highest BCUT2D eigenvalue weighted by Gasteiger charge is 2.24. The van der Waals surface area contributed by atoms with Crippen LogP contribution in [0.3, 0.4) is 0 Å². The van der Waals surface area contributed by atoms with E-state index in [-0.39, 0.29) is 0 Å². The number of rotatable bonds is 2. The van der Waals surface area contributed by atoms with Gasteiger partial charge in [0.2, 0.25) is 0 Å². The summed E-state index contributed by atoms with van der Waals surface area (Å²) in [7, 11) is 0. The van der Waals surface area contributed by atoms with Crippen molar-refractivity contribution in [2.24, 2.45) is 11.8 Å². The first kappa shape index (κ1) is 12.0. The molecular formula is C16H24N2. The Morgan fingerprint density at radius 2 is 2.00 bits per heavy atom. The van der Waals surface area contributed by atoms with Gasteiger partial charge in [-0.3, -0.25) is 0 Å². The van der Waals surface area contributed by atoms with Crippen molar-refractivity contribution < 1.29 is 0 Å². The van der Waals surface area contributed by atoms with Gasteiger partial charge in [-0.25, -0.2) is 4.98 Å². The minimum Gasteiger partial charge on any atom is -0.367 e. The van der Waals surface area contributed by atoms with E-state index in [1.54, 1.807) is 0 Å². The van der Waals surface area contributed by atoms with Gasteiger partial charge in [-0.1, -0.05) is 19.9 Å². The van der Waals surface area contributed by atoms with Crippen LogP contribution in [0.25, 0.3) is 0 Å². The van der Waals surface area contributed by atoms with Gasteiger partial charge in [-0.15, -0.1) is 0 Å². The maximum atomic E-state index is 4.78. The molecule has 2 aliphatic rings. The average molecular weight is 244 g/mol. The summed E-state index contributed by atoms with van der Waals surface area (Å²) in [5.74, 6) is 2.82. The van der Waals surface area contributed by atoms with Crippen LogP contribution in [0.5, 0.6) is 0 Å². The molecule has 1 aromatic rings. The lowest BCUT2D eigenvalue weighted by Crippen LogP contribution is -2.30. The standard InChI is InChI=1S/C16H24N2/c1-11-6-8-14(10-12(11)2)17-16-9-7-13-4-3-5-15(13)18-16/h7,9,11-12,14H,3-6,8,10H2,1-2H3,(H,17,18). The summed E-state index contributed by atoms with van der Waals surface area (Å²) >= 11 is 0. The van der Waals surface area contributed by atoms with E-state index in [2.05, 4.69) is 31.3 Å². The summed E-state index contributed by atoms with van der Waals surface area (Å²) in [5, 5.41) is 3.65. The molecule has 0 aliphatic heterocycles. The first-order valence-electron chi connectivity index (χ1n) is 7.47. The zero-order valence-electron chi connectivity index (χ0n) is 11.6. The third-order valence-corrected chi connectivity index (χ3v) is 4.88. The topological polar surface area (TPSA) is 24.9 Å². The summed E-state index contributed by atoms with van der Waals surface area (Å²) in [5.41, 5.74) is 2.79. The third kappa shape index (κ3) is 2.38. The Balaban J connectivity index is 1.66. The number of pyridine rings is 1. The zero-order chi connectivity index (χ0) is 12.5. The fraction of sp³-hybridized carbons (Fsp3) is 0.688. The van der Waals surface area contributed by atoms with Crippen LogP contribution in [-0.4, -0.2) is 11.0 Å². The van der Waals surface area contributed by atoms with Crippen molar-refractivity contribution in [1.29, 1.82) is 0 Å². The predicted molar refractivity (Wildman–Crippen MR) is 75.9 cm³/mol. The fourth-order valence-corrected chi connectivity index (χ4v) is 3.39. The van der Waals surface area contributed by atoms with Crippen LogP contribution >= 0.6 is 0 Å². The molecule has 1 fully saturated rings. The highest BCUT2D eigenvalue weighted by molar-refractivity contribution is 5.41. The number of nitrogens with zero attached hydrogens (tertiary/aromatic N) is 1. The molecule has 1 N–H and O–H groups in total. The molecule has 1 saturated carbocycles. The van der Waals surface area contributed by atoms with E-state index < -0.39 is 0 Å². The van der Waals surface area contributed by atoms with E-state index >= 15 is 0 Å². The summed E-state index contributed by atoms with van der Waals surface area (Å²) in [6, 6.07) is 5.07. The third-order valence-electron chi connectivity index (χ3n) is 4.88. The van der Waals surface area contributed by atoms with Crippen molar-refractivity contribution in [1.82, 2.24) is 4.98 Å². The number of anilines is 1. The van der Waals surface area contributed by atoms with Gasteiger partial charge in [0.1, 0.15) is 5.82 Å². The Morgan fingerprint density at radius 3 is 2.83 bits per heavy atom. The van der Waals surface area contributed by atoms with Crippen LogP contribution < -0.4 is 5.32 Å². The molecule has 0 radical (unpaired) electrons. The Bertz CT molecular complexity index is 427. The highest BCUT2D eigenvalue weighted by Crippen LogP contribution is 2.31. The molecule has 2 nitrogen and oxygen atoms in total. The Labute approximate surface area is 110 Å². The van der Waals surface area contributed by atoms with E-state index in [1.165, 1.54) is 49.8 Å². The lowest BCUT2D eigenvalue weighted by atomic mass is 9.79. The highest BCUT2D eigenvalue weighted by atomic mass is 15.0. The molecule has 1 heterocycles. The van der Waals surface area contributed by atoms with E-state index in [0.29, 0.717) is 6.04 Å². The molecule has 98 valence electrons. The van der Waals surface area contributed by atoms with Gasteiger partial charge in [0.25, 0.3) is 0 Å². The van der Waals surface area contributed by atoms with Gasteiger partial charge in [0.15, 0.2) is 0 Å². The smallest absolute Gasteiger partial charge is 0.126 e. The molecule has 3 unspecified atom stereocenters. The largest absolute Gasteiger partial charge is 0.367 e. The second-order valence-corrected chi connectivity index (χ2v) is 6.26. The van der Waals surface area contributed by atoms with Crippen molar-refractivity contribution in [2.45, 2.75) is 58.4 Å². The Kier molecular flexibility index (Phi) is 3.27. The van der Waals surface area contributed by atoms with Crippen LogP contribution in [0.15, 0.2) is 12.1 Å².